The minimum atomic E-state index is -0.608. The molecule has 0 saturated carbocycles. The highest BCUT2D eigenvalue weighted by Crippen LogP contribution is 2.22. The molecule has 3 amide bonds. The van der Waals surface area contributed by atoms with Crippen molar-refractivity contribution < 1.29 is 19.1 Å². The quantitative estimate of drug-likeness (QED) is 0.445. The van der Waals surface area contributed by atoms with Crippen LogP contribution in [0, 0.1) is 0 Å². The average molecular weight is 436 g/mol. The fraction of sp³-hybridized carbons (Fsp3) is 0.0870. The standard InChI is InChI=1S/C23H21N3O4S/c24-23(29)19-11-4-5-12-20(19)26-22(28)15-31-18-10-6-7-16(13-18)25-21(27)14-30-17-8-2-1-3-9-17/h1-13H,14-15H2,(H2,24,29)(H,25,27)(H,26,28). The minimum Gasteiger partial charge on any atom is -0.484 e. The van der Waals surface area contributed by atoms with E-state index in [2.05, 4.69) is 10.6 Å². The van der Waals surface area contributed by atoms with Crippen molar-refractivity contribution in [2.45, 2.75) is 4.90 Å². The van der Waals surface area contributed by atoms with Gasteiger partial charge >= 0.3 is 0 Å². The maximum Gasteiger partial charge on any atom is 0.262 e. The van der Waals surface area contributed by atoms with E-state index in [1.807, 2.05) is 24.3 Å². The van der Waals surface area contributed by atoms with Crippen LogP contribution >= 0.6 is 11.8 Å². The first-order valence-corrected chi connectivity index (χ1v) is 10.4. The number of benzene rings is 3. The Morgan fingerprint density at radius 3 is 2.35 bits per heavy atom. The third kappa shape index (κ3) is 6.90. The van der Waals surface area contributed by atoms with Crippen LogP contribution in [0.1, 0.15) is 10.4 Å². The number of para-hydroxylation sites is 2. The Bertz CT molecular complexity index is 1070. The molecule has 0 aliphatic rings. The van der Waals surface area contributed by atoms with Crippen molar-refractivity contribution >= 4 is 40.9 Å². The summed E-state index contributed by atoms with van der Waals surface area (Å²) in [4.78, 5) is 36.6. The summed E-state index contributed by atoms with van der Waals surface area (Å²) in [6.45, 7) is -0.108. The molecule has 0 saturated heterocycles. The molecule has 0 atom stereocenters. The molecule has 0 unspecified atom stereocenters. The topological polar surface area (TPSA) is 111 Å². The van der Waals surface area contributed by atoms with Gasteiger partial charge in [0.1, 0.15) is 5.75 Å². The molecule has 3 aromatic rings. The molecule has 3 aromatic carbocycles. The number of ether oxygens (including phenoxy) is 1. The number of rotatable bonds is 9. The monoisotopic (exact) mass is 435 g/mol. The highest BCUT2D eigenvalue weighted by Gasteiger charge is 2.11. The second kappa shape index (κ2) is 10.8. The molecule has 31 heavy (non-hydrogen) atoms. The number of carbonyl (C=O) groups excluding carboxylic acids is 3. The van der Waals surface area contributed by atoms with Crippen molar-refractivity contribution in [3.63, 3.8) is 0 Å². The van der Waals surface area contributed by atoms with Crippen molar-refractivity contribution in [3.05, 3.63) is 84.4 Å². The minimum absolute atomic E-state index is 0.108. The SMILES string of the molecule is NC(=O)c1ccccc1NC(=O)CSc1cccc(NC(=O)COc2ccccc2)c1. The van der Waals surface area contributed by atoms with Crippen LogP contribution in [-0.4, -0.2) is 30.1 Å². The van der Waals surface area contributed by atoms with Crippen LogP contribution in [0.3, 0.4) is 0 Å². The zero-order valence-corrected chi connectivity index (χ0v) is 17.4. The van der Waals surface area contributed by atoms with Gasteiger partial charge < -0.3 is 21.1 Å². The molecule has 0 fully saturated rings. The van der Waals surface area contributed by atoms with Crippen LogP contribution in [0.4, 0.5) is 11.4 Å². The Labute approximate surface area is 184 Å². The lowest BCUT2D eigenvalue weighted by Crippen LogP contribution is -2.20. The number of primary amides is 1. The number of carbonyl (C=O) groups is 3. The van der Waals surface area contributed by atoms with Crippen LogP contribution in [0.25, 0.3) is 0 Å². The van der Waals surface area contributed by atoms with Crippen LogP contribution in [0.5, 0.6) is 5.75 Å². The number of hydrogen-bond acceptors (Lipinski definition) is 5. The van der Waals surface area contributed by atoms with Crippen LogP contribution < -0.4 is 21.1 Å². The van der Waals surface area contributed by atoms with Gasteiger partial charge in [0.25, 0.3) is 11.8 Å². The molecule has 0 spiro atoms. The Hall–Kier alpha value is -3.78. The summed E-state index contributed by atoms with van der Waals surface area (Å²) in [7, 11) is 0. The zero-order chi connectivity index (χ0) is 22.1. The van der Waals surface area contributed by atoms with Crippen LogP contribution in [0.2, 0.25) is 0 Å². The fourth-order valence-corrected chi connectivity index (χ4v) is 3.42. The second-order valence-corrected chi connectivity index (χ2v) is 7.47. The summed E-state index contributed by atoms with van der Waals surface area (Å²) in [5.41, 5.74) is 6.56. The van der Waals surface area contributed by atoms with Gasteiger partial charge in [-0.2, -0.15) is 0 Å². The summed E-state index contributed by atoms with van der Waals surface area (Å²) < 4.78 is 5.43. The summed E-state index contributed by atoms with van der Waals surface area (Å²) in [6.07, 6.45) is 0. The Balaban J connectivity index is 1.50. The lowest BCUT2D eigenvalue weighted by Gasteiger charge is -2.10. The molecule has 7 nitrogen and oxygen atoms in total. The van der Waals surface area contributed by atoms with E-state index in [1.54, 1.807) is 54.6 Å². The van der Waals surface area contributed by atoms with Gasteiger partial charge in [0.15, 0.2) is 6.61 Å². The number of nitrogens with two attached hydrogens (primary N) is 1. The van der Waals surface area contributed by atoms with Gasteiger partial charge in [0, 0.05) is 10.6 Å². The van der Waals surface area contributed by atoms with Gasteiger partial charge in [-0.05, 0) is 42.5 Å². The summed E-state index contributed by atoms with van der Waals surface area (Å²) >= 11 is 1.30. The van der Waals surface area contributed by atoms with Crippen LogP contribution in [0.15, 0.2) is 83.8 Å². The average Bonchev–Trinajstić information content (AvgIpc) is 2.77. The van der Waals surface area contributed by atoms with Gasteiger partial charge in [-0.1, -0.05) is 36.4 Å². The normalized spacial score (nSPS) is 10.2. The van der Waals surface area contributed by atoms with E-state index in [0.717, 1.165) is 4.90 Å². The van der Waals surface area contributed by atoms with Gasteiger partial charge in [0.05, 0.1) is 17.0 Å². The van der Waals surface area contributed by atoms with E-state index in [-0.39, 0.29) is 29.7 Å². The van der Waals surface area contributed by atoms with Crippen molar-refractivity contribution in [2.24, 2.45) is 5.73 Å². The molecule has 0 aliphatic heterocycles. The summed E-state index contributed by atoms with van der Waals surface area (Å²) in [6, 6.07) is 22.8. The predicted molar refractivity (Wildman–Crippen MR) is 121 cm³/mol. The number of anilines is 2. The van der Waals surface area contributed by atoms with Crippen molar-refractivity contribution in [2.75, 3.05) is 23.0 Å². The molecule has 158 valence electrons. The van der Waals surface area contributed by atoms with E-state index in [9.17, 15) is 14.4 Å². The Morgan fingerprint density at radius 1 is 0.839 bits per heavy atom. The third-order valence-electron chi connectivity index (χ3n) is 4.07. The van der Waals surface area contributed by atoms with Gasteiger partial charge in [-0.3, -0.25) is 14.4 Å². The first-order chi connectivity index (χ1) is 15.0. The largest absolute Gasteiger partial charge is 0.484 e. The molecule has 3 rings (SSSR count). The van der Waals surface area contributed by atoms with Crippen molar-refractivity contribution in [1.29, 1.82) is 0 Å². The number of thioether (sulfide) groups is 1. The molecule has 0 heterocycles. The molecular weight excluding hydrogens is 414 g/mol. The van der Waals surface area contributed by atoms with E-state index in [1.165, 1.54) is 11.8 Å². The third-order valence-corrected chi connectivity index (χ3v) is 5.06. The van der Waals surface area contributed by atoms with Crippen molar-refractivity contribution in [3.8, 4) is 5.75 Å². The lowest BCUT2D eigenvalue weighted by molar-refractivity contribution is -0.118. The number of hydrogen-bond donors (Lipinski definition) is 3. The Kier molecular flexibility index (Phi) is 7.67. The highest BCUT2D eigenvalue weighted by molar-refractivity contribution is 8.00. The van der Waals surface area contributed by atoms with E-state index in [4.69, 9.17) is 10.5 Å². The maximum absolute atomic E-state index is 12.3. The summed E-state index contributed by atoms with van der Waals surface area (Å²) in [5, 5.41) is 5.47. The van der Waals surface area contributed by atoms with Gasteiger partial charge in [-0.15, -0.1) is 11.8 Å². The first kappa shape index (κ1) is 21.9. The molecule has 0 radical (unpaired) electrons. The molecule has 4 N–H and O–H groups in total. The smallest absolute Gasteiger partial charge is 0.262 e. The van der Waals surface area contributed by atoms with E-state index >= 15 is 0 Å². The Morgan fingerprint density at radius 2 is 1.58 bits per heavy atom. The lowest BCUT2D eigenvalue weighted by atomic mass is 10.1. The van der Waals surface area contributed by atoms with E-state index < -0.39 is 5.91 Å². The highest BCUT2D eigenvalue weighted by atomic mass is 32.2. The molecule has 8 heteroatoms. The van der Waals surface area contributed by atoms with E-state index in [0.29, 0.717) is 17.1 Å². The molecule has 0 aromatic heterocycles. The molecular formula is C23H21N3O4S. The van der Waals surface area contributed by atoms with Crippen LogP contribution in [-0.2, 0) is 9.59 Å². The fourth-order valence-electron chi connectivity index (χ4n) is 2.67. The summed E-state index contributed by atoms with van der Waals surface area (Å²) in [5.74, 6) is -0.424. The molecule has 0 bridgehead atoms. The molecule has 0 aliphatic carbocycles. The number of amides is 3. The second-order valence-electron chi connectivity index (χ2n) is 6.42. The zero-order valence-electron chi connectivity index (χ0n) is 16.5. The first-order valence-electron chi connectivity index (χ1n) is 9.40. The number of nitrogens with one attached hydrogen (secondary N) is 2. The van der Waals surface area contributed by atoms with Gasteiger partial charge in [-0.25, -0.2) is 0 Å². The van der Waals surface area contributed by atoms with Crippen molar-refractivity contribution in [1.82, 2.24) is 0 Å². The predicted octanol–water partition coefficient (Wildman–Crippen LogP) is 3.53. The van der Waals surface area contributed by atoms with Gasteiger partial charge in [0.2, 0.25) is 5.91 Å². The maximum atomic E-state index is 12.3.